The third kappa shape index (κ3) is 0.561. The summed E-state index contributed by atoms with van der Waals surface area (Å²) in [6.07, 6.45) is 8.57. The van der Waals surface area contributed by atoms with E-state index in [4.69, 9.17) is 0 Å². The van der Waals surface area contributed by atoms with Crippen LogP contribution in [0.5, 0.6) is 0 Å². The number of ketones is 1. The lowest BCUT2D eigenvalue weighted by molar-refractivity contribution is -0.123. The van der Waals surface area contributed by atoms with Crippen LogP contribution in [0.1, 0.15) is 45.4 Å². The molecule has 1 heteroatoms. The number of carbonyl (C=O) groups excluding carboxylic acids is 1. The van der Waals surface area contributed by atoms with Gasteiger partial charge in [0.2, 0.25) is 0 Å². The first-order chi connectivity index (χ1) is 6.73. The highest BCUT2D eigenvalue weighted by molar-refractivity contribution is 5.92. The molecule has 0 saturated heterocycles. The van der Waals surface area contributed by atoms with Gasteiger partial charge in [-0.25, -0.2) is 0 Å². The molecule has 0 heterocycles. The summed E-state index contributed by atoms with van der Waals surface area (Å²) < 4.78 is 0. The molecular weight excluding hydrogens is 172 g/mol. The van der Waals surface area contributed by atoms with Crippen molar-refractivity contribution in [2.24, 2.45) is 28.6 Å². The highest BCUT2D eigenvalue weighted by atomic mass is 16.1. The van der Waals surface area contributed by atoms with E-state index in [1.165, 1.54) is 38.5 Å². The van der Waals surface area contributed by atoms with Crippen LogP contribution in [0.25, 0.3) is 0 Å². The van der Waals surface area contributed by atoms with Crippen molar-refractivity contribution >= 4 is 5.78 Å². The molecular formula is C13H18O. The second kappa shape index (κ2) is 1.96. The molecule has 76 valence electrons. The summed E-state index contributed by atoms with van der Waals surface area (Å²) in [7, 11) is 0. The Balaban J connectivity index is 1.71. The maximum Gasteiger partial charge on any atom is 0.136 e. The molecule has 0 aromatic rings. The van der Waals surface area contributed by atoms with Crippen LogP contribution in [0.2, 0.25) is 0 Å². The molecule has 4 fully saturated rings. The minimum atomic E-state index is 0.266. The first kappa shape index (κ1) is 7.90. The number of rotatable bonds is 1. The Bertz CT molecular complexity index is 326. The highest BCUT2D eigenvalue weighted by Crippen LogP contribution is 2.93. The van der Waals surface area contributed by atoms with E-state index in [-0.39, 0.29) is 5.41 Å². The molecule has 4 rings (SSSR count). The molecule has 0 amide bonds. The van der Waals surface area contributed by atoms with Gasteiger partial charge < -0.3 is 0 Å². The molecule has 4 aliphatic rings. The van der Waals surface area contributed by atoms with Crippen molar-refractivity contribution < 1.29 is 4.79 Å². The summed E-state index contributed by atoms with van der Waals surface area (Å²) in [5.41, 5.74) is 0.924. The molecule has 4 aliphatic carbocycles. The first-order valence-corrected chi connectivity index (χ1v) is 6.24. The number of fused-ring (bicyclic) bond motifs is 3. The molecule has 1 spiro atoms. The standard InChI is InChI=1S/C13H18O/c1-8(14)13-9-4-7-12(5-2-3-6-12)11(13)10(9)13/h9-11H,2-7H2,1H3/t9?,10-,11+,13+/m1/s1. The minimum absolute atomic E-state index is 0.266. The summed E-state index contributed by atoms with van der Waals surface area (Å²) in [4.78, 5) is 11.7. The predicted octanol–water partition coefficient (Wildman–Crippen LogP) is 2.79. The summed E-state index contributed by atoms with van der Waals surface area (Å²) in [5, 5.41) is 0. The fraction of sp³-hybridized carbons (Fsp3) is 0.923. The molecule has 1 unspecified atom stereocenters. The molecule has 0 aliphatic heterocycles. The molecule has 4 atom stereocenters. The molecule has 0 bridgehead atoms. The maximum absolute atomic E-state index is 11.7. The largest absolute Gasteiger partial charge is 0.299 e. The topological polar surface area (TPSA) is 17.1 Å². The van der Waals surface area contributed by atoms with Crippen molar-refractivity contribution in [1.29, 1.82) is 0 Å². The van der Waals surface area contributed by atoms with E-state index in [0.29, 0.717) is 11.2 Å². The molecule has 0 radical (unpaired) electrons. The van der Waals surface area contributed by atoms with E-state index < -0.39 is 0 Å². The highest BCUT2D eigenvalue weighted by Gasteiger charge is 2.93. The van der Waals surface area contributed by atoms with Gasteiger partial charge in [0.25, 0.3) is 0 Å². The normalized spacial score (nSPS) is 55.6. The van der Waals surface area contributed by atoms with Gasteiger partial charge in [-0.3, -0.25) is 4.79 Å². The van der Waals surface area contributed by atoms with Crippen LogP contribution in [0.3, 0.4) is 0 Å². The van der Waals surface area contributed by atoms with Gasteiger partial charge in [0.05, 0.1) is 0 Å². The molecule has 14 heavy (non-hydrogen) atoms. The van der Waals surface area contributed by atoms with Crippen LogP contribution in [0.4, 0.5) is 0 Å². The average molecular weight is 190 g/mol. The lowest BCUT2D eigenvalue weighted by Crippen LogP contribution is -2.36. The monoisotopic (exact) mass is 190 g/mol. The fourth-order valence-corrected chi connectivity index (χ4v) is 5.55. The number of Topliss-reactive ketones (excluding diaryl/α,β-unsaturated/α-hetero) is 1. The predicted molar refractivity (Wildman–Crippen MR) is 53.7 cm³/mol. The van der Waals surface area contributed by atoms with E-state index >= 15 is 0 Å². The van der Waals surface area contributed by atoms with Gasteiger partial charge in [-0.05, 0) is 55.8 Å². The van der Waals surface area contributed by atoms with Gasteiger partial charge >= 0.3 is 0 Å². The van der Waals surface area contributed by atoms with Crippen LogP contribution < -0.4 is 0 Å². The van der Waals surface area contributed by atoms with Gasteiger partial charge in [0.1, 0.15) is 5.78 Å². The SMILES string of the molecule is CC(=O)[C@@]12C3CCC4(CCCC4)[C@@H]1[C@@H]32. The van der Waals surface area contributed by atoms with Crippen molar-refractivity contribution in [2.75, 3.05) is 0 Å². The smallest absolute Gasteiger partial charge is 0.136 e. The number of hydrogen-bond donors (Lipinski definition) is 0. The van der Waals surface area contributed by atoms with E-state index in [9.17, 15) is 4.79 Å². The van der Waals surface area contributed by atoms with Gasteiger partial charge in [-0.1, -0.05) is 12.8 Å². The zero-order chi connectivity index (χ0) is 9.55. The lowest BCUT2D eigenvalue weighted by atomic mass is 9.62. The maximum atomic E-state index is 11.7. The van der Waals surface area contributed by atoms with Crippen LogP contribution in [0, 0.1) is 28.6 Å². The van der Waals surface area contributed by atoms with Crippen molar-refractivity contribution in [3.05, 3.63) is 0 Å². The minimum Gasteiger partial charge on any atom is -0.299 e. The van der Waals surface area contributed by atoms with Crippen LogP contribution >= 0.6 is 0 Å². The number of carbonyl (C=O) groups is 1. The zero-order valence-electron chi connectivity index (χ0n) is 8.88. The summed E-state index contributed by atoms with van der Waals surface area (Å²) >= 11 is 0. The summed E-state index contributed by atoms with van der Waals surface area (Å²) in [6.45, 7) is 1.85. The van der Waals surface area contributed by atoms with Crippen molar-refractivity contribution in [3.63, 3.8) is 0 Å². The first-order valence-electron chi connectivity index (χ1n) is 6.24. The third-order valence-electron chi connectivity index (χ3n) is 6.08. The quantitative estimate of drug-likeness (QED) is 0.621. The summed E-state index contributed by atoms with van der Waals surface area (Å²) in [5.74, 6) is 3.10. The van der Waals surface area contributed by atoms with Crippen molar-refractivity contribution in [2.45, 2.75) is 45.4 Å². The molecule has 4 saturated carbocycles. The van der Waals surface area contributed by atoms with Crippen LogP contribution in [-0.2, 0) is 4.79 Å². The Morgan fingerprint density at radius 1 is 1.21 bits per heavy atom. The second-order valence-electron chi connectivity index (χ2n) is 6.21. The molecule has 1 nitrogen and oxygen atoms in total. The van der Waals surface area contributed by atoms with Gasteiger partial charge in [-0.15, -0.1) is 0 Å². The van der Waals surface area contributed by atoms with Gasteiger partial charge in [0, 0.05) is 5.41 Å². The van der Waals surface area contributed by atoms with E-state index in [2.05, 4.69) is 0 Å². The van der Waals surface area contributed by atoms with Crippen molar-refractivity contribution in [1.82, 2.24) is 0 Å². The van der Waals surface area contributed by atoms with E-state index in [0.717, 1.165) is 17.8 Å². The molecule has 0 N–H and O–H groups in total. The van der Waals surface area contributed by atoms with Crippen molar-refractivity contribution in [3.8, 4) is 0 Å². The van der Waals surface area contributed by atoms with Crippen LogP contribution in [0.15, 0.2) is 0 Å². The fourth-order valence-electron chi connectivity index (χ4n) is 5.55. The Kier molecular flexibility index (Phi) is 1.11. The molecule has 0 aromatic carbocycles. The molecule has 0 aromatic heterocycles. The van der Waals surface area contributed by atoms with Gasteiger partial charge in [-0.2, -0.15) is 0 Å². The second-order valence-corrected chi connectivity index (χ2v) is 6.21. The Morgan fingerprint density at radius 3 is 2.50 bits per heavy atom. The Morgan fingerprint density at radius 2 is 1.93 bits per heavy atom. The van der Waals surface area contributed by atoms with E-state index in [1.807, 2.05) is 6.92 Å². The van der Waals surface area contributed by atoms with E-state index in [1.54, 1.807) is 0 Å². The summed E-state index contributed by atoms with van der Waals surface area (Å²) in [6, 6.07) is 0. The third-order valence-corrected chi connectivity index (χ3v) is 6.08. The zero-order valence-corrected chi connectivity index (χ0v) is 8.88. The van der Waals surface area contributed by atoms with Crippen LogP contribution in [-0.4, -0.2) is 5.78 Å². The lowest BCUT2D eigenvalue weighted by Gasteiger charge is -2.41. The van der Waals surface area contributed by atoms with Gasteiger partial charge in [0.15, 0.2) is 0 Å². The Labute approximate surface area is 85.3 Å². The number of hydrogen-bond acceptors (Lipinski definition) is 1. The average Bonchev–Trinajstić information content (AvgIpc) is 2.98. The Hall–Kier alpha value is -0.330.